The van der Waals surface area contributed by atoms with Gasteiger partial charge < -0.3 is 20.5 Å². The maximum Gasteiger partial charge on any atom is 0.417 e. The molecule has 2 unspecified atom stereocenters. The van der Waals surface area contributed by atoms with Gasteiger partial charge in [0.1, 0.15) is 23.1 Å². The number of imide groups is 1. The largest absolute Gasteiger partial charge is 0.443 e. The highest BCUT2D eigenvalue weighted by Crippen LogP contribution is 2.50. The molecule has 0 aromatic carbocycles. The number of aliphatic hydroxyl groups excluding tert-OH is 1. The lowest BCUT2D eigenvalue weighted by Gasteiger charge is -2.33. The van der Waals surface area contributed by atoms with Crippen LogP contribution >= 0.6 is 0 Å². The first-order valence-electron chi connectivity index (χ1n) is 9.16. The molecule has 26 heavy (non-hydrogen) atoms. The maximum absolute atomic E-state index is 13.2. The molecule has 4 N–H and O–H groups in total. The Morgan fingerprint density at radius 3 is 2.54 bits per heavy atom. The van der Waals surface area contributed by atoms with E-state index in [9.17, 15) is 14.7 Å². The number of nitrogens with zero attached hydrogens (tertiary/aromatic N) is 2. The first kappa shape index (κ1) is 18.7. The minimum atomic E-state index is -1.37. The van der Waals surface area contributed by atoms with Crippen LogP contribution in [0.5, 0.6) is 0 Å². The van der Waals surface area contributed by atoms with Crippen molar-refractivity contribution >= 4 is 17.8 Å². The molecule has 8 nitrogen and oxygen atoms in total. The van der Waals surface area contributed by atoms with Crippen molar-refractivity contribution in [2.24, 2.45) is 11.1 Å². The number of carbonyl (C=O) groups excluding carboxylic acids is 2. The molecule has 2 aliphatic heterocycles. The SMILES string of the molecule is CC(C)(C)OC(=O)N1CCC2(C1=O)/C(=C/N)C(=N)N(C1CCCC1)C2O. The molecular formula is C18H28N4O4. The van der Waals surface area contributed by atoms with Gasteiger partial charge in [0.15, 0.2) is 0 Å². The van der Waals surface area contributed by atoms with E-state index in [1.54, 1.807) is 25.7 Å². The lowest BCUT2D eigenvalue weighted by molar-refractivity contribution is -0.141. The van der Waals surface area contributed by atoms with Crippen LogP contribution in [0, 0.1) is 10.8 Å². The van der Waals surface area contributed by atoms with E-state index in [0.717, 1.165) is 30.6 Å². The van der Waals surface area contributed by atoms with E-state index in [1.165, 1.54) is 6.20 Å². The molecule has 3 fully saturated rings. The summed E-state index contributed by atoms with van der Waals surface area (Å²) in [4.78, 5) is 28.2. The number of hydrogen-bond donors (Lipinski definition) is 3. The first-order chi connectivity index (χ1) is 12.1. The van der Waals surface area contributed by atoms with Gasteiger partial charge in [-0.15, -0.1) is 0 Å². The normalized spacial score (nSPS) is 31.7. The van der Waals surface area contributed by atoms with Crippen LogP contribution in [0.1, 0.15) is 52.9 Å². The van der Waals surface area contributed by atoms with Crippen molar-refractivity contribution in [2.75, 3.05) is 6.54 Å². The molecule has 2 atom stereocenters. The van der Waals surface area contributed by atoms with Gasteiger partial charge in [-0.05, 0) is 40.0 Å². The number of hydrogen-bond acceptors (Lipinski definition) is 6. The van der Waals surface area contributed by atoms with Crippen LogP contribution in [-0.4, -0.2) is 57.2 Å². The minimum Gasteiger partial charge on any atom is -0.443 e. The van der Waals surface area contributed by atoms with Crippen LogP contribution in [0.25, 0.3) is 0 Å². The third-order valence-corrected chi connectivity index (χ3v) is 5.55. The van der Waals surface area contributed by atoms with Crippen LogP contribution in [0.4, 0.5) is 4.79 Å². The standard InChI is InChI=1S/C18H28N4O4/c1-17(2,3)26-16(25)21-9-8-18(14(21)23)12(10-19)13(20)22(15(18)24)11-6-4-5-7-11/h10-11,15,20,24H,4-9,19H2,1-3H3/b12-10+,20-13?. The van der Waals surface area contributed by atoms with Crippen molar-refractivity contribution in [3.63, 3.8) is 0 Å². The molecule has 0 bridgehead atoms. The summed E-state index contributed by atoms with van der Waals surface area (Å²) in [5.74, 6) is -0.451. The number of carbonyl (C=O) groups is 2. The summed E-state index contributed by atoms with van der Waals surface area (Å²) in [6, 6.07) is 0.0233. The third kappa shape index (κ3) is 2.67. The van der Waals surface area contributed by atoms with Gasteiger partial charge in [-0.2, -0.15) is 0 Å². The van der Waals surface area contributed by atoms with E-state index < -0.39 is 29.2 Å². The van der Waals surface area contributed by atoms with Gasteiger partial charge in [0.25, 0.3) is 0 Å². The predicted octanol–water partition coefficient (Wildman–Crippen LogP) is 1.54. The fraction of sp³-hybridized carbons (Fsp3) is 0.722. The van der Waals surface area contributed by atoms with E-state index in [1.807, 2.05) is 0 Å². The summed E-state index contributed by atoms with van der Waals surface area (Å²) in [5, 5.41) is 19.5. The second-order valence-electron chi connectivity index (χ2n) is 8.31. The fourth-order valence-electron chi connectivity index (χ4n) is 4.36. The summed E-state index contributed by atoms with van der Waals surface area (Å²) in [6.07, 6.45) is 3.36. The first-order valence-corrected chi connectivity index (χ1v) is 9.16. The Balaban J connectivity index is 1.92. The zero-order valence-corrected chi connectivity index (χ0v) is 15.6. The molecule has 2 heterocycles. The molecule has 8 heteroatoms. The van der Waals surface area contributed by atoms with Crippen molar-refractivity contribution in [1.29, 1.82) is 5.41 Å². The number of likely N-dealkylation sites (tertiary alicyclic amines) is 2. The van der Waals surface area contributed by atoms with E-state index in [-0.39, 0.29) is 24.8 Å². The highest BCUT2D eigenvalue weighted by molar-refractivity contribution is 6.11. The number of nitrogens with two attached hydrogens (primary N) is 1. The third-order valence-electron chi connectivity index (χ3n) is 5.55. The molecule has 0 aromatic rings. The highest BCUT2D eigenvalue weighted by atomic mass is 16.6. The topological polar surface area (TPSA) is 120 Å². The highest BCUT2D eigenvalue weighted by Gasteiger charge is 2.64. The monoisotopic (exact) mass is 364 g/mol. The van der Waals surface area contributed by atoms with Crippen LogP contribution < -0.4 is 5.73 Å². The Bertz CT molecular complexity index is 663. The van der Waals surface area contributed by atoms with Crippen molar-refractivity contribution in [3.8, 4) is 0 Å². The van der Waals surface area contributed by atoms with Crippen LogP contribution in [0.2, 0.25) is 0 Å². The van der Waals surface area contributed by atoms with E-state index in [0.29, 0.717) is 5.57 Å². The summed E-state index contributed by atoms with van der Waals surface area (Å²) < 4.78 is 5.32. The summed E-state index contributed by atoms with van der Waals surface area (Å²) in [7, 11) is 0. The van der Waals surface area contributed by atoms with Crippen molar-refractivity contribution in [3.05, 3.63) is 11.8 Å². The summed E-state index contributed by atoms with van der Waals surface area (Å²) in [6.45, 7) is 5.32. The molecule has 3 aliphatic rings. The van der Waals surface area contributed by atoms with E-state index in [4.69, 9.17) is 15.9 Å². The Kier molecular flexibility index (Phi) is 4.50. The molecule has 1 spiro atoms. The zero-order valence-electron chi connectivity index (χ0n) is 15.6. The Morgan fingerprint density at radius 1 is 1.38 bits per heavy atom. The summed E-state index contributed by atoms with van der Waals surface area (Å²) in [5.41, 5.74) is 3.96. The van der Waals surface area contributed by atoms with Crippen molar-refractivity contribution < 1.29 is 19.4 Å². The average molecular weight is 364 g/mol. The maximum atomic E-state index is 13.2. The Morgan fingerprint density at radius 2 is 2.00 bits per heavy atom. The molecule has 2 saturated heterocycles. The molecule has 1 aliphatic carbocycles. The van der Waals surface area contributed by atoms with Crippen molar-refractivity contribution in [2.45, 2.75) is 70.7 Å². The molecule has 144 valence electrons. The van der Waals surface area contributed by atoms with Gasteiger partial charge in [0.05, 0.1) is 0 Å². The number of amidine groups is 1. The second-order valence-corrected chi connectivity index (χ2v) is 8.31. The number of rotatable bonds is 1. The molecule has 2 amide bonds. The molecule has 0 radical (unpaired) electrons. The number of ether oxygens (including phenoxy) is 1. The fourth-order valence-corrected chi connectivity index (χ4v) is 4.36. The Hall–Kier alpha value is -2.09. The molecule has 0 aromatic heterocycles. The average Bonchev–Trinajstić information content (AvgIpc) is 3.20. The van der Waals surface area contributed by atoms with Gasteiger partial charge in [-0.1, -0.05) is 12.8 Å². The minimum absolute atomic E-state index is 0.0233. The van der Waals surface area contributed by atoms with Gasteiger partial charge in [0, 0.05) is 24.4 Å². The number of nitrogens with one attached hydrogen (secondary N) is 1. The van der Waals surface area contributed by atoms with E-state index in [2.05, 4.69) is 0 Å². The van der Waals surface area contributed by atoms with Gasteiger partial charge in [-0.3, -0.25) is 10.2 Å². The number of aliphatic hydroxyl groups is 1. The molecular weight excluding hydrogens is 336 g/mol. The quantitative estimate of drug-likeness (QED) is 0.649. The Labute approximate surface area is 153 Å². The van der Waals surface area contributed by atoms with Crippen LogP contribution in [0.15, 0.2) is 11.8 Å². The van der Waals surface area contributed by atoms with Crippen LogP contribution in [-0.2, 0) is 9.53 Å². The van der Waals surface area contributed by atoms with Gasteiger partial charge in [0.2, 0.25) is 5.91 Å². The predicted molar refractivity (Wildman–Crippen MR) is 95.1 cm³/mol. The molecule has 1 saturated carbocycles. The lowest BCUT2D eigenvalue weighted by Crippen LogP contribution is -2.49. The summed E-state index contributed by atoms with van der Waals surface area (Å²) >= 11 is 0. The second kappa shape index (κ2) is 6.26. The smallest absolute Gasteiger partial charge is 0.417 e. The lowest BCUT2D eigenvalue weighted by atomic mass is 9.79. The number of amides is 2. The van der Waals surface area contributed by atoms with Crippen molar-refractivity contribution in [1.82, 2.24) is 9.80 Å². The molecule has 3 rings (SSSR count). The zero-order chi connectivity index (χ0) is 19.3. The van der Waals surface area contributed by atoms with E-state index >= 15 is 0 Å². The van der Waals surface area contributed by atoms with Crippen LogP contribution in [0.3, 0.4) is 0 Å². The van der Waals surface area contributed by atoms with Gasteiger partial charge >= 0.3 is 6.09 Å². The van der Waals surface area contributed by atoms with Gasteiger partial charge in [-0.25, -0.2) is 9.69 Å².